The molecule has 0 radical (unpaired) electrons. The first kappa shape index (κ1) is 14.8. The maximum atomic E-state index is 12.0. The van der Waals surface area contributed by atoms with Gasteiger partial charge in [0.05, 0.1) is 12.0 Å². The molecule has 1 fully saturated rings. The first-order valence-corrected chi connectivity index (χ1v) is 7.66. The van der Waals surface area contributed by atoms with Gasteiger partial charge in [-0.2, -0.15) is 0 Å². The van der Waals surface area contributed by atoms with Gasteiger partial charge in [0.25, 0.3) is 0 Å². The molecule has 110 valence electrons. The number of nitrogens with zero attached hydrogens (tertiary/aromatic N) is 1. The minimum atomic E-state index is -0.795. The van der Waals surface area contributed by atoms with Gasteiger partial charge in [-0.25, -0.2) is 4.79 Å². The zero-order chi connectivity index (χ0) is 14.6. The van der Waals surface area contributed by atoms with Gasteiger partial charge in [0, 0.05) is 18.5 Å². The summed E-state index contributed by atoms with van der Waals surface area (Å²) in [6, 6.07) is 3.71. The van der Waals surface area contributed by atoms with E-state index in [1.54, 1.807) is 23.3 Å². The van der Waals surface area contributed by atoms with Gasteiger partial charge in [0.1, 0.15) is 0 Å². The average Bonchev–Trinajstić information content (AvgIpc) is 3.07. The Hall–Kier alpha value is -1.56. The summed E-state index contributed by atoms with van der Waals surface area (Å²) in [6.07, 6.45) is 3.15. The Morgan fingerprint density at radius 2 is 2.15 bits per heavy atom. The standard InChI is InChI=1S/C14H20N2O3S/c1-16(9-11-5-4-8-20-11)13(19)15-10-14(12(17)18)6-2-3-7-14/h4-5,8H,2-3,6-7,9-10H2,1H3,(H,15,19)(H,17,18). The Kier molecular flexibility index (Phi) is 4.65. The molecule has 1 aromatic rings. The predicted molar refractivity (Wildman–Crippen MR) is 77.7 cm³/mol. The number of carbonyl (C=O) groups excluding carboxylic acids is 1. The molecular formula is C14H20N2O3S. The van der Waals surface area contributed by atoms with Crippen LogP contribution in [0.1, 0.15) is 30.6 Å². The molecule has 1 aliphatic carbocycles. The lowest BCUT2D eigenvalue weighted by molar-refractivity contribution is -0.148. The van der Waals surface area contributed by atoms with Crippen LogP contribution in [0.5, 0.6) is 0 Å². The third-order valence-electron chi connectivity index (χ3n) is 3.91. The number of hydrogen-bond acceptors (Lipinski definition) is 3. The maximum absolute atomic E-state index is 12.0. The topological polar surface area (TPSA) is 69.6 Å². The van der Waals surface area contributed by atoms with Crippen molar-refractivity contribution in [1.82, 2.24) is 10.2 Å². The summed E-state index contributed by atoms with van der Waals surface area (Å²) in [5, 5.41) is 14.1. The Balaban J connectivity index is 1.86. The predicted octanol–water partition coefficient (Wildman–Crippen LogP) is 2.53. The number of urea groups is 1. The second kappa shape index (κ2) is 6.26. The number of carbonyl (C=O) groups is 2. The number of thiophene rings is 1. The SMILES string of the molecule is CN(Cc1cccs1)C(=O)NCC1(C(=O)O)CCCC1. The second-order valence-electron chi connectivity index (χ2n) is 5.39. The fourth-order valence-corrected chi connectivity index (χ4v) is 3.36. The lowest BCUT2D eigenvalue weighted by atomic mass is 9.86. The molecule has 1 heterocycles. The normalized spacial score (nSPS) is 16.9. The van der Waals surface area contributed by atoms with Gasteiger partial charge in [-0.15, -0.1) is 11.3 Å². The van der Waals surface area contributed by atoms with E-state index in [-0.39, 0.29) is 12.6 Å². The summed E-state index contributed by atoms with van der Waals surface area (Å²) < 4.78 is 0. The highest BCUT2D eigenvalue weighted by Crippen LogP contribution is 2.37. The van der Waals surface area contributed by atoms with Crippen LogP contribution in [0.15, 0.2) is 17.5 Å². The zero-order valence-electron chi connectivity index (χ0n) is 11.6. The summed E-state index contributed by atoms with van der Waals surface area (Å²) in [5.74, 6) is -0.795. The first-order valence-electron chi connectivity index (χ1n) is 6.78. The smallest absolute Gasteiger partial charge is 0.317 e. The molecule has 1 saturated carbocycles. The second-order valence-corrected chi connectivity index (χ2v) is 6.42. The molecule has 1 aliphatic rings. The van der Waals surface area contributed by atoms with Crippen LogP contribution >= 0.6 is 11.3 Å². The number of rotatable bonds is 5. The highest BCUT2D eigenvalue weighted by atomic mass is 32.1. The molecule has 2 amide bonds. The van der Waals surface area contributed by atoms with Gasteiger partial charge >= 0.3 is 12.0 Å². The van der Waals surface area contributed by atoms with E-state index < -0.39 is 11.4 Å². The number of amides is 2. The van der Waals surface area contributed by atoms with Gasteiger partial charge in [0.2, 0.25) is 0 Å². The van der Waals surface area contributed by atoms with E-state index in [0.717, 1.165) is 17.7 Å². The third-order valence-corrected chi connectivity index (χ3v) is 4.77. The lowest BCUT2D eigenvalue weighted by Crippen LogP contribution is -2.45. The van der Waals surface area contributed by atoms with E-state index >= 15 is 0 Å². The van der Waals surface area contributed by atoms with E-state index in [9.17, 15) is 14.7 Å². The van der Waals surface area contributed by atoms with Crippen LogP contribution in [-0.4, -0.2) is 35.6 Å². The van der Waals surface area contributed by atoms with Crippen molar-refractivity contribution in [3.05, 3.63) is 22.4 Å². The molecule has 0 bridgehead atoms. The third kappa shape index (κ3) is 3.30. The van der Waals surface area contributed by atoms with Crippen molar-refractivity contribution in [2.75, 3.05) is 13.6 Å². The summed E-state index contributed by atoms with van der Waals surface area (Å²) in [6.45, 7) is 0.763. The first-order chi connectivity index (χ1) is 9.53. The Bertz CT molecular complexity index is 467. The highest BCUT2D eigenvalue weighted by molar-refractivity contribution is 7.09. The molecule has 1 aromatic heterocycles. The number of hydrogen-bond donors (Lipinski definition) is 2. The molecule has 6 heteroatoms. The molecule has 2 N–H and O–H groups in total. The van der Waals surface area contributed by atoms with Gasteiger partial charge in [-0.3, -0.25) is 4.79 Å². The average molecular weight is 296 g/mol. The van der Waals surface area contributed by atoms with Crippen LogP contribution in [0, 0.1) is 5.41 Å². The molecule has 0 saturated heterocycles. The molecule has 2 rings (SSSR count). The van der Waals surface area contributed by atoms with Gasteiger partial charge in [0.15, 0.2) is 0 Å². The molecule has 0 aromatic carbocycles. The van der Waals surface area contributed by atoms with Crippen LogP contribution in [0.25, 0.3) is 0 Å². The van der Waals surface area contributed by atoms with Crippen LogP contribution in [-0.2, 0) is 11.3 Å². The fraction of sp³-hybridized carbons (Fsp3) is 0.571. The minimum absolute atomic E-state index is 0.217. The quantitative estimate of drug-likeness (QED) is 0.877. The van der Waals surface area contributed by atoms with Crippen molar-refractivity contribution in [2.45, 2.75) is 32.2 Å². The van der Waals surface area contributed by atoms with Crippen LogP contribution in [0.3, 0.4) is 0 Å². The molecular weight excluding hydrogens is 276 g/mol. The van der Waals surface area contributed by atoms with E-state index in [1.807, 2.05) is 17.5 Å². The van der Waals surface area contributed by atoms with Crippen molar-refractivity contribution < 1.29 is 14.7 Å². The van der Waals surface area contributed by atoms with Gasteiger partial charge in [-0.05, 0) is 24.3 Å². The molecule has 0 atom stereocenters. The van der Waals surface area contributed by atoms with E-state index in [0.29, 0.717) is 19.4 Å². The number of nitrogens with one attached hydrogen (secondary N) is 1. The monoisotopic (exact) mass is 296 g/mol. The van der Waals surface area contributed by atoms with Crippen LogP contribution in [0.4, 0.5) is 4.79 Å². The number of carboxylic acid groups (broad SMARTS) is 1. The van der Waals surface area contributed by atoms with Gasteiger partial charge < -0.3 is 15.3 Å². The van der Waals surface area contributed by atoms with Crippen molar-refractivity contribution in [3.63, 3.8) is 0 Å². The Morgan fingerprint density at radius 3 is 2.70 bits per heavy atom. The Morgan fingerprint density at radius 1 is 1.45 bits per heavy atom. The van der Waals surface area contributed by atoms with Crippen molar-refractivity contribution in [2.24, 2.45) is 5.41 Å². The maximum Gasteiger partial charge on any atom is 0.317 e. The van der Waals surface area contributed by atoms with Crippen molar-refractivity contribution in [3.8, 4) is 0 Å². The Labute approximate surface area is 122 Å². The largest absolute Gasteiger partial charge is 0.481 e. The number of carboxylic acids is 1. The molecule has 5 nitrogen and oxygen atoms in total. The zero-order valence-corrected chi connectivity index (χ0v) is 12.4. The fourth-order valence-electron chi connectivity index (χ4n) is 2.61. The number of aliphatic carboxylic acids is 1. The minimum Gasteiger partial charge on any atom is -0.481 e. The van der Waals surface area contributed by atoms with Crippen molar-refractivity contribution >= 4 is 23.3 Å². The molecule has 0 spiro atoms. The van der Waals surface area contributed by atoms with Crippen LogP contribution < -0.4 is 5.32 Å². The van der Waals surface area contributed by atoms with Crippen molar-refractivity contribution in [1.29, 1.82) is 0 Å². The highest BCUT2D eigenvalue weighted by Gasteiger charge is 2.41. The lowest BCUT2D eigenvalue weighted by Gasteiger charge is -2.26. The summed E-state index contributed by atoms with van der Waals surface area (Å²) in [7, 11) is 1.72. The summed E-state index contributed by atoms with van der Waals surface area (Å²) in [4.78, 5) is 26.1. The summed E-state index contributed by atoms with van der Waals surface area (Å²) in [5.41, 5.74) is -0.764. The molecule has 0 unspecified atom stereocenters. The van der Waals surface area contributed by atoms with E-state index in [4.69, 9.17) is 0 Å². The van der Waals surface area contributed by atoms with E-state index in [1.165, 1.54) is 0 Å². The molecule has 20 heavy (non-hydrogen) atoms. The molecule has 0 aliphatic heterocycles. The van der Waals surface area contributed by atoms with E-state index in [2.05, 4.69) is 5.32 Å². The van der Waals surface area contributed by atoms with Gasteiger partial charge in [-0.1, -0.05) is 18.9 Å². The summed E-state index contributed by atoms with van der Waals surface area (Å²) >= 11 is 1.60. The van der Waals surface area contributed by atoms with Crippen LogP contribution in [0.2, 0.25) is 0 Å².